The van der Waals surface area contributed by atoms with Gasteiger partial charge in [0, 0.05) is 33.8 Å². The molecule has 208 valence electrons. The second-order valence-corrected chi connectivity index (χ2v) is 14.5. The van der Waals surface area contributed by atoms with Crippen LogP contribution in [0.15, 0.2) is 34.4 Å². The average molecular weight is 527 g/mol. The van der Waals surface area contributed by atoms with Crippen molar-refractivity contribution >= 4 is 11.8 Å². The molecule has 2 aliphatic heterocycles. The summed E-state index contributed by atoms with van der Waals surface area (Å²) in [6, 6.07) is 0. The fourth-order valence-corrected chi connectivity index (χ4v) is 9.94. The molecule has 6 rings (SSSR count). The number of carbonyl (C=O) groups excluding carboxylic acids is 2. The maximum atomic E-state index is 13.1. The molecule has 38 heavy (non-hydrogen) atoms. The molecule has 0 aromatic heterocycles. The van der Waals surface area contributed by atoms with Crippen LogP contribution >= 0.6 is 0 Å². The Hall–Kier alpha value is -1.80. The lowest BCUT2D eigenvalue weighted by Gasteiger charge is -2.61. The van der Waals surface area contributed by atoms with Crippen molar-refractivity contribution in [3.05, 3.63) is 34.4 Å². The molecule has 7 heteroatoms. The summed E-state index contributed by atoms with van der Waals surface area (Å²) in [5.74, 6) is -2.32. The van der Waals surface area contributed by atoms with Crippen LogP contribution in [0.3, 0.4) is 0 Å². The molecule has 1 unspecified atom stereocenters. The number of rotatable bonds is 0. The van der Waals surface area contributed by atoms with Crippen LogP contribution in [-0.2, 0) is 19.1 Å². The monoisotopic (exact) mass is 526 g/mol. The van der Waals surface area contributed by atoms with E-state index in [1.165, 1.54) is 0 Å². The fraction of sp³-hybridized carbons (Fsp3) is 0.742. The Morgan fingerprint density at radius 1 is 0.974 bits per heavy atom. The molecule has 7 nitrogen and oxygen atoms in total. The van der Waals surface area contributed by atoms with Crippen molar-refractivity contribution in [2.45, 2.75) is 111 Å². The third kappa shape index (κ3) is 2.74. The van der Waals surface area contributed by atoms with Crippen LogP contribution in [0, 0.1) is 33.5 Å². The van der Waals surface area contributed by atoms with E-state index in [1.807, 2.05) is 20.8 Å². The minimum absolute atomic E-state index is 0.0285. The van der Waals surface area contributed by atoms with E-state index in [0.29, 0.717) is 30.4 Å². The van der Waals surface area contributed by atoms with Gasteiger partial charge in [-0.05, 0) is 68.4 Å². The first kappa shape index (κ1) is 26.4. The van der Waals surface area contributed by atoms with Gasteiger partial charge in [0.15, 0.2) is 5.78 Å². The first-order valence-corrected chi connectivity index (χ1v) is 14.0. The highest BCUT2D eigenvalue weighted by molar-refractivity contribution is 5.92. The highest BCUT2D eigenvalue weighted by Gasteiger charge is 2.74. The maximum Gasteiger partial charge on any atom is 0.336 e. The minimum atomic E-state index is -1.40. The lowest BCUT2D eigenvalue weighted by molar-refractivity contribution is -0.236. The molecule has 10 atom stereocenters. The smallest absolute Gasteiger partial charge is 0.336 e. The molecular weight excluding hydrogens is 484 g/mol. The van der Waals surface area contributed by atoms with Crippen LogP contribution in [0.25, 0.3) is 0 Å². The molecule has 0 amide bonds. The number of ether oxygens (including phenoxy) is 2. The van der Waals surface area contributed by atoms with E-state index in [1.54, 1.807) is 13.8 Å². The van der Waals surface area contributed by atoms with Crippen molar-refractivity contribution in [1.29, 1.82) is 0 Å². The van der Waals surface area contributed by atoms with E-state index in [2.05, 4.69) is 32.9 Å². The third-order valence-corrected chi connectivity index (χ3v) is 12.5. The molecule has 0 aromatic rings. The zero-order valence-electron chi connectivity index (χ0n) is 23.8. The van der Waals surface area contributed by atoms with Gasteiger partial charge in [0.1, 0.15) is 6.10 Å². The molecular formula is C31H42O7. The van der Waals surface area contributed by atoms with Crippen LogP contribution in [0.1, 0.15) is 81.1 Å². The summed E-state index contributed by atoms with van der Waals surface area (Å²) >= 11 is 0. The number of esters is 1. The Labute approximate surface area is 225 Å². The second-order valence-electron chi connectivity index (χ2n) is 14.5. The van der Waals surface area contributed by atoms with E-state index in [9.17, 15) is 24.9 Å². The first-order valence-electron chi connectivity index (χ1n) is 14.0. The number of hydrogen-bond acceptors (Lipinski definition) is 7. The summed E-state index contributed by atoms with van der Waals surface area (Å²) in [5.41, 5.74) is -0.812. The van der Waals surface area contributed by atoms with Gasteiger partial charge >= 0.3 is 5.97 Å². The third-order valence-electron chi connectivity index (χ3n) is 12.5. The van der Waals surface area contributed by atoms with Gasteiger partial charge in [0.25, 0.3) is 0 Å². The fourth-order valence-electron chi connectivity index (χ4n) is 9.94. The zero-order chi connectivity index (χ0) is 28.0. The van der Waals surface area contributed by atoms with Crippen LogP contribution in [0.5, 0.6) is 0 Å². The van der Waals surface area contributed by atoms with Gasteiger partial charge in [-0.1, -0.05) is 46.8 Å². The van der Waals surface area contributed by atoms with Crippen LogP contribution < -0.4 is 0 Å². The number of Topliss-reactive ketones (excluding diaryl/α,β-unsaturated/α-hetero) is 1. The van der Waals surface area contributed by atoms with Gasteiger partial charge in [0.05, 0.1) is 17.8 Å². The van der Waals surface area contributed by atoms with Crippen LogP contribution in [-0.4, -0.2) is 56.8 Å². The lowest BCUT2D eigenvalue weighted by atomic mass is 9.43. The number of aliphatic hydroxyl groups excluding tert-OH is 2. The second kappa shape index (κ2) is 7.28. The van der Waals surface area contributed by atoms with Crippen molar-refractivity contribution in [3.63, 3.8) is 0 Å². The molecule has 0 aromatic carbocycles. The van der Waals surface area contributed by atoms with Crippen molar-refractivity contribution in [2.75, 3.05) is 0 Å². The number of carbonyl (C=O) groups is 2. The maximum absolute atomic E-state index is 13.1. The Morgan fingerprint density at radius 2 is 1.63 bits per heavy atom. The van der Waals surface area contributed by atoms with Gasteiger partial charge < -0.3 is 24.8 Å². The molecule has 2 heterocycles. The predicted octanol–water partition coefficient (Wildman–Crippen LogP) is 3.76. The summed E-state index contributed by atoms with van der Waals surface area (Å²) in [4.78, 5) is 25.8. The average Bonchev–Trinajstić information content (AvgIpc) is 3.13. The molecule has 1 saturated heterocycles. The summed E-state index contributed by atoms with van der Waals surface area (Å²) in [5, 5.41) is 34.8. The number of aliphatic hydroxyl groups is 3. The van der Waals surface area contributed by atoms with E-state index in [0.717, 1.165) is 11.1 Å². The summed E-state index contributed by atoms with van der Waals surface area (Å²) < 4.78 is 12.9. The zero-order valence-corrected chi connectivity index (χ0v) is 23.8. The number of ketones is 1. The predicted molar refractivity (Wildman–Crippen MR) is 139 cm³/mol. The molecule has 0 radical (unpaired) electrons. The molecule has 6 aliphatic rings. The Morgan fingerprint density at radius 3 is 2.24 bits per heavy atom. The molecule has 3 N–H and O–H groups in total. The quantitative estimate of drug-likeness (QED) is 0.412. The van der Waals surface area contributed by atoms with Crippen molar-refractivity contribution in [1.82, 2.24) is 0 Å². The molecule has 4 aliphatic carbocycles. The van der Waals surface area contributed by atoms with Crippen LogP contribution in [0.2, 0.25) is 0 Å². The van der Waals surface area contributed by atoms with Crippen molar-refractivity contribution in [3.8, 4) is 0 Å². The topological polar surface area (TPSA) is 113 Å². The van der Waals surface area contributed by atoms with E-state index in [-0.39, 0.29) is 24.0 Å². The van der Waals surface area contributed by atoms with Gasteiger partial charge in [0.2, 0.25) is 5.79 Å². The number of hydrogen-bond donors (Lipinski definition) is 3. The van der Waals surface area contributed by atoms with Gasteiger partial charge in [-0.2, -0.15) is 0 Å². The largest absolute Gasteiger partial charge is 0.425 e. The standard InChI is InChI=1S/C31H42O7/c1-15-16(2)31(38-25(15)35)14-28(6,36)21-12-22(33)29(7)17-9-10-20-26(3,4)24(34)19(32)13-27(20,5)18(17)11-23(37-31)30(21,29)8/h9,11,19-23,32-33,36H,10,12-14H2,1-8H3/t19-,20?,21-,22+,23-,27-,28+,29-,30+,31-/m1/s1. The van der Waals surface area contributed by atoms with Gasteiger partial charge in [-0.15, -0.1) is 0 Å². The normalized spacial score (nSPS) is 53.1. The summed E-state index contributed by atoms with van der Waals surface area (Å²) in [7, 11) is 0. The Balaban J connectivity index is 1.60. The first-order chi connectivity index (χ1) is 17.4. The van der Waals surface area contributed by atoms with Gasteiger partial charge in [-0.25, -0.2) is 4.79 Å². The van der Waals surface area contributed by atoms with Crippen molar-refractivity contribution in [2.24, 2.45) is 33.5 Å². The Bertz CT molecular complexity index is 1250. The lowest BCUT2D eigenvalue weighted by Crippen LogP contribution is -2.61. The molecule has 1 spiro atoms. The number of allylic oxidation sites excluding steroid dienone is 2. The van der Waals surface area contributed by atoms with E-state index >= 15 is 0 Å². The van der Waals surface area contributed by atoms with Crippen LogP contribution in [0.4, 0.5) is 0 Å². The molecule has 3 fully saturated rings. The van der Waals surface area contributed by atoms with E-state index in [4.69, 9.17) is 9.47 Å². The van der Waals surface area contributed by atoms with E-state index < -0.39 is 57.3 Å². The highest BCUT2D eigenvalue weighted by atomic mass is 16.7. The SMILES string of the molecule is CC1=C(C)[C@@]2(C[C@](C)(O)[C@H]3C[C@H](O)[C@@]4(C)C5=CCC6C(C)(C)C(=O)[C@H](O)C[C@]6(C)C5=C[C@@H](O2)[C@]34C)OC1=O. The summed E-state index contributed by atoms with van der Waals surface area (Å²) in [6.45, 7) is 15.5. The minimum Gasteiger partial charge on any atom is -0.425 e. The number of fused-ring (bicyclic) bond motifs is 4. The van der Waals surface area contributed by atoms with Gasteiger partial charge in [-0.3, -0.25) is 4.79 Å². The Kier molecular flexibility index (Phi) is 5.06. The molecule has 2 saturated carbocycles. The molecule has 0 bridgehead atoms. The summed E-state index contributed by atoms with van der Waals surface area (Å²) in [6.07, 6.45) is 3.36. The highest BCUT2D eigenvalue weighted by Crippen LogP contribution is 2.73. The van der Waals surface area contributed by atoms with Crippen molar-refractivity contribution < 1.29 is 34.4 Å².